The number of alkyl halides is 1. The van der Waals surface area contributed by atoms with Crippen molar-refractivity contribution in [1.29, 1.82) is 0 Å². The average molecular weight is 296 g/mol. The van der Waals surface area contributed by atoms with Gasteiger partial charge in [0.1, 0.15) is 5.38 Å². The van der Waals surface area contributed by atoms with E-state index in [1.165, 1.54) is 6.42 Å². The number of halogens is 1. The molecule has 0 aromatic heterocycles. The molecule has 108 valence electrons. The third-order valence-corrected chi connectivity index (χ3v) is 3.98. The molecule has 1 amide bonds. The van der Waals surface area contributed by atoms with E-state index in [1.54, 1.807) is 19.1 Å². The fraction of sp³-hybridized carbons (Fsp3) is 0.533. The van der Waals surface area contributed by atoms with Gasteiger partial charge < -0.3 is 14.8 Å². The quantitative estimate of drug-likeness (QED) is 0.847. The van der Waals surface area contributed by atoms with Crippen LogP contribution < -0.4 is 14.8 Å². The molecular weight excluding hydrogens is 278 g/mol. The molecule has 1 aliphatic heterocycles. The first-order chi connectivity index (χ1) is 9.58. The van der Waals surface area contributed by atoms with Crippen molar-refractivity contribution in [3.63, 3.8) is 0 Å². The summed E-state index contributed by atoms with van der Waals surface area (Å²) >= 11 is 5.74. The molecule has 0 unspecified atom stereocenters. The molecule has 1 fully saturated rings. The first-order valence-electron chi connectivity index (χ1n) is 7.05. The van der Waals surface area contributed by atoms with Crippen LogP contribution >= 0.6 is 11.6 Å². The van der Waals surface area contributed by atoms with Gasteiger partial charge in [-0.1, -0.05) is 6.42 Å². The highest BCUT2D eigenvalue weighted by molar-refractivity contribution is 6.32. The van der Waals surface area contributed by atoms with E-state index in [0.29, 0.717) is 11.4 Å². The summed E-state index contributed by atoms with van der Waals surface area (Å²) in [5.74, 6) is 0.747. The minimum absolute atomic E-state index is 0.224. The molecule has 0 radical (unpaired) electrons. The Kier molecular flexibility index (Phi) is 3.50. The number of benzene rings is 1. The van der Waals surface area contributed by atoms with Crippen LogP contribution in [-0.4, -0.2) is 17.1 Å². The van der Waals surface area contributed by atoms with E-state index >= 15 is 0 Å². The second-order valence-electron chi connectivity index (χ2n) is 5.44. The van der Waals surface area contributed by atoms with Crippen molar-refractivity contribution in [2.45, 2.75) is 50.2 Å². The molecule has 1 N–H and O–H groups in total. The lowest BCUT2D eigenvalue weighted by molar-refractivity contribution is -0.115. The molecule has 20 heavy (non-hydrogen) atoms. The Bertz CT molecular complexity index is 524. The van der Waals surface area contributed by atoms with Gasteiger partial charge in [-0.05, 0) is 31.9 Å². The van der Waals surface area contributed by atoms with Crippen LogP contribution in [0.4, 0.5) is 5.69 Å². The minimum atomic E-state index is -0.565. The lowest BCUT2D eigenvalue weighted by atomic mass is 9.94. The molecule has 1 heterocycles. The van der Waals surface area contributed by atoms with Gasteiger partial charge in [0.05, 0.1) is 0 Å². The molecule has 2 aliphatic rings. The summed E-state index contributed by atoms with van der Waals surface area (Å²) in [6.45, 7) is 1.64. The van der Waals surface area contributed by atoms with Crippen molar-refractivity contribution >= 4 is 23.2 Å². The van der Waals surface area contributed by atoms with E-state index in [-0.39, 0.29) is 5.91 Å². The van der Waals surface area contributed by atoms with Crippen molar-refractivity contribution in [2.75, 3.05) is 5.32 Å². The summed E-state index contributed by atoms with van der Waals surface area (Å²) in [7, 11) is 0. The average Bonchev–Trinajstić information content (AvgIpc) is 2.76. The maximum atomic E-state index is 11.6. The Morgan fingerprint density at radius 3 is 2.65 bits per heavy atom. The Morgan fingerprint density at radius 2 is 1.95 bits per heavy atom. The fourth-order valence-electron chi connectivity index (χ4n) is 2.71. The molecule has 1 saturated carbocycles. The Hall–Kier alpha value is -1.42. The molecule has 1 spiro atoms. The molecule has 1 aromatic carbocycles. The van der Waals surface area contributed by atoms with Crippen molar-refractivity contribution in [3.05, 3.63) is 18.2 Å². The summed E-state index contributed by atoms with van der Waals surface area (Å²) < 4.78 is 12.0. The molecule has 5 heteroatoms. The van der Waals surface area contributed by atoms with Gasteiger partial charge in [0.2, 0.25) is 5.91 Å². The lowest BCUT2D eigenvalue weighted by Crippen LogP contribution is -2.40. The number of nitrogens with one attached hydrogen (secondary N) is 1. The summed E-state index contributed by atoms with van der Waals surface area (Å²) in [6.07, 6.45) is 5.33. The number of fused-ring (bicyclic) bond motifs is 1. The third kappa shape index (κ3) is 2.57. The van der Waals surface area contributed by atoms with Crippen LogP contribution in [0.1, 0.15) is 39.0 Å². The lowest BCUT2D eigenvalue weighted by Gasteiger charge is -2.31. The molecular formula is C15H18ClNO3. The summed E-state index contributed by atoms with van der Waals surface area (Å²) in [5.41, 5.74) is 0.678. The van der Waals surface area contributed by atoms with Crippen LogP contribution in [-0.2, 0) is 4.79 Å². The third-order valence-electron chi connectivity index (χ3n) is 3.78. The second kappa shape index (κ2) is 5.17. The monoisotopic (exact) mass is 295 g/mol. The van der Waals surface area contributed by atoms with Gasteiger partial charge in [0.15, 0.2) is 11.5 Å². The zero-order valence-electron chi connectivity index (χ0n) is 11.4. The fourth-order valence-corrected chi connectivity index (χ4v) is 2.76. The van der Waals surface area contributed by atoms with Gasteiger partial charge in [0, 0.05) is 24.6 Å². The summed E-state index contributed by atoms with van der Waals surface area (Å²) in [5, 5.41) is 2.19. The van der Waals surface area contributed by atoms with Crippen LogP contribution in [0.15, 0.2) is 18.2 Å². The number of hydrogen-bond acceptors (Lipinski definition) is 3. The minimum Gasteiger partial charge on any atom is -0.448 e. The highest BCUT2D eigenvalue weighted by atomic mass is 35.5. The topological polar surface area (TPSA) is 47.6 Å². The van der Waals surface area contributed by atoms with E-state index in [0.717, 1.165) is 31.4 Å². The van der Waals surface area contributed by atoms with Crippen molar-refractivity contribution < 1.29 is 14.3 Å². The zero-order valence-corrected chi connectivity index (χ0v) is 12.2. The van der Waals surface area contributed by atoms with E-state index in [4.69, 9.17) is 21.1 Å². The van der Waals surface area contributed by atoms with Crippen LogP contribution in [0.5, 0.6) is 11.5 Å². The normalized spacial score (nSPS) is 20.7. The highest BCUT2D eigenvalue weighted by Gasteiger charge is 2.42. The molecule has 1 atom stereocenters. The Morgan fingerprint density at radius 1 is 1.25 bits per heavy atom. The number of ether oxygens (including phenoxy) is 2. The van der Waals surface area contributed by atoms with Crippen molar-refractivity contribution in [3.8, 4) is 11.5 Å². The van der Waals surface area contributed by atoms with Crippen molar-refractivity contribution in [1.82, 2.24) is 0 Å². The van der Waals surface area contributed by atoms with Crippen molar-refractivity contribution in [2.24, 2.45) is 0 Å². The van der Waals surface area contributed by atoms with Gasteiger partial charge >= 0.3 is 0 Å². The van der Waals surface area contributed by atoms with Crippen LogP contribution in [0.25, 0.3) is 0 Å². The number of hydrogen-bond donors (Lipinski definition) is 1. The summed E-state index contributed by atoms with van der Waals surface area (Å²) in [6, 6.07) is 5.45. The van der Waals surface area contributed by atoms with Gasteiger partial charge in [-0.15, -0.1) is 11.6 Å². The number of rotatable bonds is 2. The smallest absolute Gasteiger partial charge is 0.251 e. The first-order valence-corrected chi connectivity index (χ1v) is 7.49. The standard InChI is InChI=1S/C15H18ClNO3/c1-10(16)14(18)17-11-5-6-12-13(9-11)20-15(19-12)7-3-2-4-8-15/h5-6,9-10H,2-4,7-8H2,1H3,(H,17,18)/t10-/m1/s1. The molecule has 0 bridgehead atoms. The molecule has 0 saturated heterocycles. The number of amides is 1. The summed E-state index contributed by atoms with van der Waals surface area (Å²) in [4.78, 5) is 11.6. The van der Waals surface area contributed by atoms with E-state index in [9.17, 15) is 4.79 Å². The SMILES string of the molecule is C[C@@H](Cl)C(=O)Nc1ccc2c(c1)OC1(CCCCC1)O2. The predicted octanol–water partition coefficient (Wildman–Crippen LogP) is 3.68. The maximum Gasteiger partial charge on any atom is 0.251 e. The Balaban J connectivity index is 1.76. The zero-order chi connectivity index (χ0) is 14.2. The first kappa shape index (κ1) is 13.6. The Labute approximate surface area is 123 Å². The largest absolute Gasteiger partial charge is 0.448 e. The maximum absolute atomic E-state index is 11.6. The number of carbonyl (C=O) groups excluding carboxylic acids is 1. The highest BCUT2D eigenvalue weighted by Crippen LogP contribution is 2.46. The molecule has 1 aromatic rings. The van der Waals surface area contributed by atoms with Crippen LogP contribution in [0, 0.1) is 0 Å². The number of anilines is 1. The predicted molar refractivity (Wildman–Crippen MR) is 77.5 cm³/mol. The number of carbonyl (C=O) groups is 1. The van der Waals surface area contributed by atoms with E-state index in [2.05, 4.69) is 5.32 Å². The van der Waals surface area contributed by atoms with Gasteiger partial charge in [-0.3, -0.25) is 4.79 Å². The second-order valence-corrected chi connectivity index (χ2v) is 6.10. The van der Waals surface area contributed by atoms with Gasteiger partial charge in [0.25, 0.3) is 5.79 Å². The van der Waals surface area contributed by atoms with E-state index < -0.39 is 11.2 Å². The van der Waals surface area contributed by atoms with Crippen LogP contribution in [0.3, 0.4) is 0 Å². The molecule has 1 aliphatic carbocycles. The van der Waals surface area contributed by atoms with Crippen LogP contribution in [0.2, 0.25) is 0 Å². The molecule has 4 nitrogen and oxygen atoms in total. The van der Waals surface area contributed by atoms with Gasteiger partial charge in [-0.2, -0.15) is 0 Å². The van der Waals surface area contributed by atoms with Gasteiger partial charge in [-0.25, -0.2) is 0 Å². The van der Waals surface area contributed by atoms with E-state index in [1.807, 2.05) is 6.07 Å². The molecule has 3 rings (SSSR count).